The van der Waals surface area contributed by atoms with E-state index in [4.69, 9.17) is 5.73 Å². The van der Waals surface area contributed by atoms with Crippen molar-refractivity contribution in [2.75, 3.05) is 24.3 Å². The second kappa shape index (κ2) is 6.21. The van der Waals surface area contributed by atoms with Crippen LogP contribution in [0, 0.1) is 0 Å². The van der Waals surface area contributed by atoms with E-state index in [0.29, 0.717) is 12.1 Å². The van der Waals surface area contributed by atoms with E-state index in [0.717, 1.165) is 16.9 Å². The Bertz CT molecular complexity index is 591. The highest BCUT2D eigenvalue weighted by Crippen LogP contribution is 2.15. The molecule has 0 saturated heterocycles. The van der Waals surface area contributed by atoms with Gasteiger partial charge >= 0.3 is 0 Å². The molecular weight excluding hydrogens is 250 g/mol. The quantitative estimate of drug-likeness (QED) is 0.896. The number of hydrogen-bond acceptors (Lipinski definition) is 3. The highest BCUT2D eigenvalue weighted by Gasteiger charge is 2.06. The average molecular weight is 269 g/mol. The van der Waals surface area contributed by atoms with Crippen molar-refractivity contribution in [3.05, 3.63) is 59.7 Å². The van der Waals surface area contributed by atoms with E-state index in [1.165, 1.54) is 0 Å². The van der Waals surface area contributed by atoms with E-state index in [2.05, 4.69) is 5.32 Å². The largest absolute Gasteiger partial charge is 0.378 e. The first kappa shape index (κ1) is 14.1. The van der Waals surface area contributed by atoms with Crippen molar-refractivity contribution in [1.82, 2.24) is 0 Å². The number of anilines is 2. The van der Waals surface area contributed by atoms with Crippen LogP contribution in [0.4, 0.5) is 11.4 Å². The van der Waals surface area contributed by atoms with Crippen LogP contribution in [0.2, 0.25) is 0 Å². The highest BCUT2D eigenvalue weighted by molar-refractivity contribution is 6.04. The first-order chi connectivity index (χ1) is 9.60. The minimum Gasteiger partial charge on any atom is -0.378 e. The average Bonchev–Trinajstić information content (AvgIpc) is 2.47. The summed E-state index contributed by atoms with van der Waals surface area (Å²) in [5.41, 5.74) is 9.03. The van der Waals surface area contributed by atoms with Crippen LogP contribution in [0.3, 0.4) is 0 Å². The summed E-state index contributed by atoms with van der Waals surface area (Å²) in [6.07, 6.45) is 0. The van der Waals surface area contributed by atoms with Gasteiger partial charge in [-0.05, 0) is 42.0 Å². The molecule has 2 aromatic carbocycles. The number of benzene rings is 2. The van der Waals surface area contributed by atoms with Crippen molar-refractivity contribution in [3.63, 3.8) is 0 Å². The molecular formula is C16H19N3O. The van der Waals surface area contributed by atoms with Crippen molar-refractivity contribution < 1.29 is 4.79 Å². The molecule has 0 unspecified atom stereocenters. The van der Waals surface area contributed by atoms with Crippen molar-refractivity contribution in [1.29, 1.82) is 0 Å². The SMILES string of the molecule is CN(C)c1ccc(C(=O)Nc2cccc(CN)c2)cc1. The van der Waals surface area contributed by atoms with Gasteiger partial charge in [0.2, 0.25) is 0 Å². The normalized spacial score (nSPS) is 10.2. The lowest BCUT2D eigenvalue weighted by molar-refractivity contribution is 0.102. The number of nitrogens with zero attached hydrogens (tertiary/aromatic N) is 1. The third-order valence-corrected chi connectivity index (χ3v) is 3.07. The lowest BCUT2D eigenvalue weighted by Gasteiger charge is -2.12. The maximum Gasteiger partial charge on any atom is 0.255 e. The van der Waals surface area contributed by atoms with Gasteiger partial charge in [-0.1, -0.05) is 12.1 Å². The molecule has 0 saturated carbocycles. The van der Waals surface area contributed by atoms with E-state index < -0.39 is 0 Å². The van der Waals surface area contributed by atoms with Crippen molar-refractivity contribution in [2.45, 2.75) is 6.54 Å². The fraction of sp³-hybridized carbons (Fsp3) is 0.188. The summed E-state index contributed by atoms with van der Waals surface area (Å²) in [5.74, 6) is -0.121. The number of amides is 1. The molecule has 2 aromatic rings. The molecule has 4 heteroatoms. The molecule has 3 N–H and O–H groups in total. The van der Waals surface area contributed by atoms with Crippen LogP contribution in [-0.4, -0.2) is 20.0 Å². The lowest BCUT2D eigenvalue weighted by Crippen LogP contribution is -2.13. The Morgan fingerprint density at radius 2 is 1.85 bits per heavy atom. The summed E-state index contributed by atoms with van der Waals surface area (Å²) in [4.78, 5) is 14.1. The molecule has 0 aliphatic carbocycles. The predicted octanol–water partition coefficient (Wildman–Crippen LogP) is 2.46. The minimum atomic E-state index is -0.121. The van der Waals surface area contributed by atoms with Gasteiger partial charge in [0.05, 0.1) is 0 Å². The molecule has 0 aromatic heterocycles. The van der Waals surface area contributed by atoms with Gasteiger partial charge in [-0.25, -0.2) is 0 Å². The molecule has 104 valence electrons. The van der Waals surface area contributed by atoms with Crippen molar-refractivity contribution in [3.8, 4) is 0 Å². The third-order valence-electron chi connectivity index (χ3n) is 3.07. The van der Waals surface area contributed by atoms with Crippen LogP contribution in [0.15, 0.2) is 48.5 Å². The zero-order chi connectivity index (χ0) is 14.5. The van der Waals surface area contributed by atoms with Gasteiger partial charge in [-0.15, -0.1) is 0 Å². The fourth-order valence-corrected chi connectivity index (χ4v) is 1.89. The van der Waals surface area contributed by atoms with Crippen molar-refractivity contribution >= 4 is 17.3 Å². The van der Waals surface area contributed by atoms with Gasteiger partial charge in [0.15, 0.2) is 0 Å². The molecule has 20 heavy (non-hydrogen) atoms. The van der Waals surface area contributed by atoms with Crippen LogP contribution >= 0.6 is 0 Å². The van der Waals surface area contributed by atoms with Crippen LogP contribution in [-0.2, 0) is 6.54 Å². The van der Waals surface area contributed by atoms with Gasteiger partial charge in [0.1, 0.15) is 0 Å². The zero-order valence-electron chi connectivity index (χ0n) is 11.8. The van der Waals surface area contributed by atoms with Gasteiger partial charge in [-0.3, -0.25) is 4.79 Å². The van der Waals surface area contributed by atoms with Crippen LogP contribution in [0.5, 0.6) is 0 Å². The zero-order valence-corrected chi connectivity index (χ0v) is 11.8. The standard InChI is InChI=1S/C16H19N3O/c1-19(2)15-8-6-13(7-9-15)16(20)18-14-5-3-4-12(10-14)11-17/h3-10H,11,17H2,1-2H3,(H,18,20). The summed E-state index contributed by atoms with van der Waals surface area (Å²) in [7, 11) is 3.93. The smallest absolute Gasteiger partial charge is 0.255 e. The Morgan fingerprint density at radius 3 is 2.45 bits per heavy atom. The van der Waals surface area contributed by atoms with Crippen LogP contribution < -0.4 is 16.0 Å². The molecule has 0 heterocycles. The second-order valence-corrected chi connectivity index (χ2v) is 4.80. The Labute approximate surface area is 119 Å². The fourth-order valence-electron chi connectivity index (χ4n) is 1.89. The molecule has 0 bridgehead atoms. The van der Waals surface area contributed by atoms with E-state index >= 15 is 0 Å². The summed E-state index contributed by atoms with van der Waals surface area (Å²) in [5, 5.41) is 2.87. The number of nitrogens with two attached hydrogens (primary N) is 1. The summed E-state index contributed by atoms with van der Waals surface area (Å²) in [6, 6.07) is 15.0. The first-order valence-electron chi connectivity index (χ1n) is 6.48. The Balaban J connectivity index is 2.11. The van der Waals surface area contributed by atoms with Gasteiger partial charge in [0.25, 0.3) is 5.91 Å². The highest BCUT2D eigenvalue weighted by atomic mass is 16.1. The number of hydrogen-bond donors (Lipinski definition) is 2. The molecule has 1 amide bonds. The Kier molecular flexibility index (Phi) is 4.38. The van der Waals surface area contributed by atoms with Gasteiger partial charge in [-0.2, -0.15) is 0 Å². The molecule has 4 nitrogen and oxygen atoms in total. The Morgan fingerprint density at radius 1 is 1.15 bits per heavy atom. The molecule has 2 rings (SSSR count). The number of carbonyl (C=O) groups is 1. The van der Waals surface area contributed by atoms with E-state index in [1.54, 1.807) is 0 Å². The van der Waals surface area contributed by atoms with Crippen LogP contribution in [0.1, 0.15) is 15.9 Å². The third kappa shape index (κ3) is 3.36. The Hall–Kier alpha value is -2.33. The number of rotatable bonds is 4. The second-order valence-electron chi connectivity index (χ2n) is 4.80. The molecule has 0 aliphatic heterocycles. The summed E-state index contributed by atoms with van der Waals surface area (Å²) >= 11 is 0. The molecule has 0 spiro atoms. The molecule has 0 fully saturated rings. The maximum atomic E-state index is 12.1. The maximum absolute atomic E-state index is 12.1. The summed E-state index contributed by atoms with van der Waals surface area (Å²) < 4.78 is 0. The lowest BCUT2D eigenvalue weighted by atomic mass is 10.1. The topological polar surface area (TPSA) is 58.4 Å². The molecule has 0 atom stereocenters. The number of carbonyl (C=O) groups excluding carboxylic acids is 1. The van der Waals surface area contributed by atoms with E-state index in [-0.39, 0.29) is 5.91 Å². The van der Waals surface area contributed by atoms with E-state index in [9.17, 15) is 4.79 Å². The van der Waals surface area contributed by atoms with E-state index in [1.807, 2.05) is 67.5 Å². The minimum absolute atomic E-state index is 0.121. The monoisotopic (exact) mass is 269 g/mol. The summed E-state index contributed by atoms with van der Waals surface area (Å²) in [6.45, 7) is 0.460. The van der Waals surface area contributed by atoms with Crippen LogP contribution in [0.25, 0.3) is 0 Å². The van der Waals surface area contributed by atoms with Gasteiger partial charge < -0.3 is 16.0 Å². The first-order valence-corrected chi connectivity index (χ1v) is 6.48. The van der Waals surface area contributed by atoms with Crippen molar-refractivity contribution in [2.24, 2.45) is 5.73 Å². The van der Waals surface area contributed by atoms with Gasteiger partial charge in [0, 0.05) is 37.6 Å². The molecule has 0 aliphatic rings. The predicted molar refractivity (Wildman–Crippen MR) is 83.1 cm³/mol. The number of nitrogens with one attached hydrogen (secondary N) is 1. The molecule has 0 radical (unpaired) electrons.